The Balaban J connectivity index is 0.000000429. The van der Waals surface area contributed by atoms with Gasteiger partial charge in [0.1, 0.15) is 11.7 Å². The van der Waals surface area contributed by atoms with E-state index >= 15 is 0 Å². The first-order valence-corrected chi connectivity index (χ1v) is 10.7. The minimum atomic E-state index is -5.19. The molecular formula is C22H26F3N5O5. The van der Waals surface area contributed by atoms with Gasteiger partial charge in [-0.1, -0.05) is 6.07 Å². The monoisotopic (exact) mass is 497 g/mol. The van der Waals surface area contributed by atoms with Crippen LogP contribution in [0.5, 0.6) is 0 Å². The molecular weight excluding hydrogens is 471 g/mol. The Morgan fingerprint density at radius 2 is 1.94 bits per heavy atom. The predicted octanol–water partition coefficient (Wildman–Crippen LogP) is 0.341. The number of aliphatic hydroxyl groups is 1. The highest BCUT2D eigenvalue weighted by atomic mass is 19.4. The van der Waals surface area contributed by atoms with Gasteiger partial charge in [-0.05, 0) is 31.9 Å². The number of pyridine rings is 1. The predicted molar refractivity (Wildman–Crippen MR) is 114 cm³/mol. The van der Waals surface area contributed by atoms with E-state index < -0.39 is 17.7 Å². The van der Waals surface area contributed by atoms with E-state index in [4.69, 9.17) is 19.6 Å². The number of aliphatic carboxylic acids is 1. The van der Waals surface area contributed by atoms with E-state index in [0.717, 1.165) is 28.2 Å². The van der Waals surface area contributed by atoms with E-state index in [9.17, 15) is 23.1 Å². The van der Waals surface area contributed by atoms with Crippen LogP contribution < -0.4 is 15.1 Å². The van der Waals surface area contributed by atoms with Crippen LogP contribution in [0.4, 0.5) is 13.2 Å². The molecule has 1 fully saturated rings. The Morgan fingerprint density at radius 1 is 1.31 bits per heavy atom. The van der Waals surface area contributed by atoms with Crippen LogP contribution in [-0.2, 0) is 16.6 Å². The quantitative estimate of drug-likeness (QED) is 0.445. The third-order valence-corrected chi connectivity index (χ3v) is 5.93. The van der Waals surface area contributed by atoms with Gasteiger partial charge in [0.25, 0.3) is 5.91 Å². The molecule has 0 atom stereocenters. The molecule has 1 aliphatic heterocycles. The van der Waals surface area contributed by atoms with Crippen LogP contribution in [0.2, 0.25) is 0 Å². The molecule has 3 aromatic heterocycles. The van der Waals surface area contributed by atoms with Crippen LogP contribution in [-0.4, -0.2) is 63.0 Å². The first-order valence-electron chi connectivity index (χ1n) is 10.7. The van der Waals surface area contributed by atoms with E-state index in [-0.39, 0.29) is 12.5 Å². The molecule has 190 valence electrons. The number of aromatic amines is 1. The molecule has 0 radical (unpaired) electrons. The number of imidazole rings is 1. The lowest BCUT2D eigenvalue weighted by Crippen LogP contribution is -2.54. The average Bonchev–Trinajstić information content (AvgIpc) is 3.30. The van der Waals surface area contributed by atoms with Crippen molar-refractivity contribution in [3.8, 4) is 11.3 Å². The molecule has 1 amide bonds. The van der Waals surface area contributed by atoms with Crippen molar-refractivity contribution in [1.29, 1.82) is 0 Å². The third kappa shape index (κ3) is 5.46. The zero-order valence-electron chi connectivity index (χ0n) is 19.4. The summed E-state index contributed by atoms with van der Waals surface area (Å²) in [6.07, 6.45) is -2.19. The number of carboxylic acid groups (broad SMARTS) is 1. The largest absolute Gasteiger partial charge is 0.542 e. The topological polar surface area (TPSA) is 136 Å². The van der Waals surface area contributed by atoms with Gasteiger partial charge in [-0.25, -0.2) is 4.98 Å². The third-order valence-electron chi connectivity index (χ3n) is 5.93. The van der Waals surface area contributed by atoms with Crippen molar-refractivity contribution < 1.29 is 42.4 Å². The summed E-state index contributed by atoms with van der Waals surface area (Å²) in [5.41, 5.74) is 4.00. The zero-order chi connectivity index (χ0) is 26.0. The Kier molecular flexibility index (Phi) is 7.50. The van der Waals surface area contributed by atoms with Gasteiger partial charge in [-0.15, -0.1) is 4.68 Å². The maximum atomic E-state index is 13.2. The van der Waals surface area contributed by atoms with E-state index in [2.05, 4.69) is 10.4 Å². The fraction of sp³-hybridized carbons (Fsp3) is 0.455. The van der Waals surface area contributed by atoms with Crippen molar-refractivity contribution >= 4 is 17.4 Å². The number of hydrogen-bond acceptors (Lipinski definition) is 6. The number of carboxylic acids is 1. The molecule has 35 heavy (non-hydrogen) atoms. The minimum absolute atomic E-state index is 0.121. The molecule has 3 N–H and O–H groups in total. The lowest BCUT2D eigenvalue weighted by molar-refractivity contribution is -0.732. The molecule has 0 unspecified atom stereocenters. The van der Waals surface area contributed by atoms with Crippen LogP contribution >= 0.6 is 0 Å². The highest BCUT2D eigenvalue weighted by Gasteiger charge is 2.35. The van der Waals surface area contributed by atoms with Crippen LogP contribution in [0, 0.1) is 13.8 Å². The van der Waals surface area contributed by atoms with Crippen molar-refractivity contribution in [2.24, 2.45) is 7.05 Å². The number of carbonyl (C=O) groups excluding carboxylic acids is 2. The van der Waals surface area contributed by atoms with Gasteiger partial charge in [0, 0.05) is 26.3 Å². The van der Waals surface area contributed by atoms with E-state index in [1.165, 1.54) is 0 Å². The lowest BCUT2D eigenvalue weighted by atomic mass is 9.91. The summed E-state index contributed by atoms with van der Waals surface area (Å²) >= 11 is 0. The number of alkyl halides is 3. The van der Waals surface area contributed by atoms with Crippen LogP contribution in [0.3, 0.4) is 0 Å². The van der Waals surface area contributed by atoms with Crippen molar-refractivity contribution in [3.63, 3.8) is 0 Å². The molecule has 1 aliphatic rings. The molecule has 13 heteroatoms. The molecule has 4 rings (SSSR count). The number of rotatable bonds is 4. The van der Waals surface area contributed by atoms with Gasteiger partial charge in [0.05, 0.1) is 28.9 Å². The highest BCUT2D eigenvalue weighted by Crippen LogP contribution is 2.29. The van der Waals surface area contributed by atoms with Crippen molar-refractivity contribution in [3.05, 3.63) is 41.6 Å². The normalized spacial score (nSPS) is 15.4. The molecule has 1 saturated heterocycles. The van der Waals surface area contributed by atoms with E-state index in [0.29, 0.717) is 31.9 Å². The SMILES string of the molecule is Cc1[nH][n+](C)c(C)c1-c1nc(C(=O)NC2(CO)CCOCC2)n2ccccc12.O=C([O-])C(F)(F)F. The number of halogens is 3. The number of hydrogen-bond donors (Lipinski definition) is 3. The molecule has 0 aliphatic carbocycles. The fourth-order valence-corrected chi connectivity index (χ4v) is 3.94. The molecule has 3 aromatic rings. The van der Waals surface area contributed by atoms with Gasteiger partial charge in [-0.2, -0.15) is 18.3 Å². The number of nitrogens with zero attached hydrogens (tertiary/aromatic N) is 3. The van der Waals surface area contributed by atoms with Crippen molar-refractivity contribution in [1.82, 2.24) is 19.8 Å². The Labute approximate surface area is 198 Å². The number of aromatic nitrogens is 4. The first-order chi connectivity index (χ1) is 16.4. The Bertz CT molecular complexity index is 1230. The molecule has 0 saturated carbocycles. The molecule has 0 aromatic carbocycles. The van der Waals surface area contributed by atoms with Crippen LogP contribution in [0.1, 0.15) is 34.8 Å². The van der Waals surface area contributed by atoms with Gasteiger partial charge in [0.2, 0.25) is 11.5 Å². The van der Waals surface area contributed by atoms with E-state index in [1.807, 2.05) is 50.0 Å². The van der Waals surface area contributed by atoms with Gasteiger partial charge in [-0.3, -0.25) is 9.20 Å². The number of amides is 1. The number of aryl methyl sites for hydroxylation is 2. The summed E-state index contributed by atoms with van der Waals surface area (Å²) in [5, 5.41) is 25.0. The summed E-state index contributed by atoms with van der Waals surface area (Å²) in [4.78, 5) is 26.7. The zero-order valence-corrected chi connectivity index (χ0v) is 19.4. The lowest BCUT2D eigenvalue weighted by Gasteiger charge is -2.36. The number of ether oxygens (including phenoxy) is 1. The molecule has 0 bridgehead atoms. The summed E-state index contributed by atoms with van der Waals surface area (Å²) in [7, 11) is 1.95. The number of aliphatic hydroxyl groups excluding tert-OH is 1. The number of nitrogens with one attached hydrogen (secondary N) is 2. The standard InChI is InChI=1S/C20H25N5O3.C2HF3O2/c1-13-16(14(2)24(3)23-13)17-15-6-4-5-9-25(15)18(21-17)19(27)22-20(12-26)7-10-28-11-8-20;3-2(4,5)1(6)7/h4-6,9,26H,7-8,10-12H2,1-3H3,(H,22,27);(H,6,7). The van der Waals surface area contributed by atoms with Crippen LogP contribution in [0.25, 0.3) is 16.8 Å². The molecule has 4 heterocycles. The highest BCUT2D eigenvalue weighted by molar-refractivity contribution is 5.95. The summed E-state index contributed by atoms with van der Waals surface area (Å²) < 4.78 is 40.7. The van der Waals surface area contributed by atoms with Crippen LogP contribution in [0.15, 0.2) is 24.4 Å². The summed E-state index contributed by atoms with van der Waals surface area (Å²) in [6, 6.07) is 5.77. The molecule has 0 spiro atoms. The maximum Gasteiger partial charge on any atom is 0.430 e. The second-order valence-corrected chi connectivity index (χ2v) is 8.29. The van der Waals surface area contributed by atoms with Crippen molar-refractivity contribution in [2.45, 2.75) is 38.4 Å². The van der Waals surface area contributed by atoms with Crippen molar-refractivity contribution in [2.75, 3.05) is 19.8 Å². The van der Waals surface area contributed by atoms with Gasteiger partial charge >= 0.3 is 6.18 Å². The average molecular weight is 497 g/mol. The Morgan fingerprint density at radius 3 is 2.46 bits per heavy atom. The minimum Gasteiger partial charge on any atom is -0.542 e. The second kappa shape index (κ2) is 10.0. The Hall–Kier alpha value is -3.45. The molecule has 10 nitrogen and oxygen atoms in total. The fourth-order valence-electron chi connectivity index (χ4n) is 3.94. The number of carbonyl (C=O) groups is 2. The smallest absolute Gasteiger partial charge is 0.430 e. The van der Waals surface area contributed by atoms with Gasteiger partial charge < -0.3 is 25.1 Å². The number of H-pyrrole nitrogens is 1. The maximum absolute atomic E-state index is 13.2. The first kappa shape index (κ1) is 26.2. The number of fused-ring (bicyclic) bond motifs is 1. The second-order valence-electron chi connectivity index (χ2n) is 8.29. The van der Waals surface area contributed by atoms with Gasteiger partial charge in [0.15, 0.2) is 7.05 Å². The summed E-state index contributed by atoms with van der Waals surface area (Å²) in [6.45, 7) is 4.94. The van der Waals surface area contributed by atoms with E-state index in [1.54, 1.807) is 4.40 Å². The summed E-state index contributed by atoms with van der Waals surface area (Å²) in [5.74, 6) is -2.99.